The second kappa shape index (κ2) is 2.75. The second-order valence-electron chi connectivity index (χ2n) is 3.22. The van der Waals surface area contributed by atoms with Gasteiger partial charge in [-0.3, -0.25) is 0 Å². The van der Waals surface area contributed by atoms with Crippen molar-refractivity contribution in [1.29, 1.82) is 0 Å². The zero-order valence-electron chi connectivity index (χ0n) is 6.50. The van der Waals surface area contributed by atoms with Gasteiger partial charge in [0, 0.05) is 12.0 Å². The molecule has 0 bridgehead atoms. The average Bonchev–Trinajstić information content (AvgIpc) is 2.73. The fraction of sp³-hybridized carbons (Fsp3) is 0.333. The standard InChI is InChI=1S/C9H10BrNO/c10-7-2-1-5(3-9(7)12)6-4-8(6)11/h1-3,6,8,12H,4,11H2/t6-,8+/m1/s1. The summed E-state index contributed by atoms with van der Waals surface area (Å²) >= 11 is 3.23. The van der Waals surface area contributed by atoms with E-state index < -0.39 is 0 Å². The van der Waals surface area contributed by atoms with Gasteiger partial charge in [-0.2, -0.15) is 0 Å². The van der Waals surface area contributed by atoms with Gasteiger partial charge in [-0.25, -0.2) is 0 Å². The van der Waals surface area contributed by atoms with Crippen LogP contribution in [-0.2, 0) is 0 Å². The van der Waals surface area contributed by atoms with Gasteiger partial charge in [0.1, 0.15) is 5.75 Å². The van der Waals surface area contributed by atoms with Crippen molar-refractivity contribution < 1.29 is 5.11 Å². The first-order valence-corrected chi connectivity index (χ1v) is 4.72. The first-order chi connectivity index (χ1) is 5.68. The Labute approximate surface area is 79.5 Å². The molecule has 0 spiro atoms. The Morgan fingerprint density at radius 2 is 2.17 bits per heavy atom. The lowest BCUT2D eigenvalue weighted by molar-refractivity contribution is 0.471. The molecule has 1 saturated carbocycles. The number of hydrogen-bond donors (Lipinski definition) is 2. The van der Waals surface area contributed by atoms with E-state index in [-0.39, 0.29) is 0 Å². The van der Waals surface area contributed by atoms with Gasteiger partial charge in [-0.15, -0.1) is 0 Å². The van der Waals surface area contributed by atoms with E-state index in [0.717, 1.165) is 16.5 Å². The van der Waals surface area contributed by atoms with Crippen molar-refractivity contribution in [1.82, 2.24) is 0 Å². The number of rotatable bonds is 1. The van der Waals surface area contributed by atoms with Crippen LogP contribution in [0.25, 0.3) is 0 Å². The van der Waals surface area contributed by atoms with E-state index in [9.17, 15) is 5.11 Å². The number of phenols is 1. The van der Waals surface area contributed by atoms with Crippen LogP contribution in [0.1, 0.15) is 17.9 Å². The van der Waals surface area contributed by atoms with E-state index in [1.165, 1.54) is 0 Å². The second-order valence-corrected chi connectivity index (χ2v) is 4.07. The molecule has 1 aromatic carbocycles. The summed E-state index contributed by atoms with van der Waals surface area (Å²) in [7, 11) is 0. The molecule has 0 radical (unpaired) electrons. The zero-order valence-corrected chi connectivity index (χ0v) is 8.08. The molecule has 2 atom stereocenters. The fourth-order valence-corrected chi connectivity index (χ4v) is 1.60. The lowest BCUT2D eigenvalue weighted by Gasteiger charge is -2.00. The normalized spacial score (nSPS) is 27.2. The average molecular weight is 228 g/mol. The maximum absolute atomic E-state index is 9.38. The molecule has 0 aromatic heterocycles. The molecule has 0 saturated heterocycles. The Kier molecular flexibility index (Phi) is 1.85. The Morgan fingerprint density at radius 1 is 1.50 bits per heavy atom. The summed E-state index contributed by atoms with van der Waals surface area (Å²) < 4.78 is 0.737. The molecule has 3 heteroatoms. The summed E-state index contributed by atoms with van der Waals surface area (Å²) in [5, 5.41) is 9.38. The minimum atomic E-state index is 0.297. The highest BCUT2D eigenvalue weighted by Crippen LogP contribution is 2.41. The van der Waals surface area contributed by atoms with Gasteiger partial charge in [0.2, 0.25) is 0 Å². The number of phenolic OH excluding ortho intramolecular Hbond substituents is 1. The van der Waals surface area contributed by atoms with Crippen LogP contribution in [0.2, 0.25) is 0 Å². The van der Waals surface area contributed by atoms with Crippen molar-refractivity contribution in [3.05, 3.63) is 28.2 Å². The topological polar surface area (TPSA) is 46.2 Å². The third-order valence-electron chi connectivity index (χ3n) is 2.24. The summed E-state index contributed by atoms with van der Waals surface area (Å²) in [6.45, 7) is 0. The maximum Gasteiger partial charge on any atom is 0.130 e. The summed E-state index contributed by atoms with van der Waals surface area (Å²) in [5.74, 6) is 0.760. The summed E-state index contributed by atoms with van der Waals surface area (Å²) in [4.78, 5) is 0. The highest BCUT2D eigenvalue weighted by Gasteiger charge is 2.34. The van der Waals surface area contributed by atoms with Crippen molar-refractivity contribution in [3.8, 4) is 5.75 Å². The van der Waals surface area contributed by atoms with Crippen LogP contribution < -0.4 is 5.73 Å². The lowest BCUT2D eigenvalue weighted by atomic mass is 10.1. The molecular formula is C9H10BrNO. The number of benzene rings is 1. The highest BCUT2D eigenvalue weighted by atomic mass is 79.9. The van der Waals surface area contributed by atoms with Gasteiger partial charge < -0.3 is 10.8 Å². The molecule has 1 aliphatic carbocycles. The fourth-order valence-electron chi connectivity index (χ4n) is 1.36. The molecular weight excluding hydrogens is 218 g/mol. The first kappa shape index (κ1) is 8.08. The van der Waals surface area contributed by atoms with Gasteiger partial charge in [-0.05, 0) is 40.0 Å². The molecule has 0 unspecified atom stereocenters. The zero-order chi connectivity index (χ0) is 8.72. The number of aromatic hydroxyl groups is 1. The van der Waals surface area contributed by atoms with Crippen LogP contribution in [0.3, 0.4) is 0 Å². The number of hydrogen-bond acceptors (Lipinski definition) is 2. The molecule has 2 rings (SSSR count). The van der Waals surface area contributed by atoms with E-state index in [2.05, 4.69) is 15.9 Å². The van der Waals surface area contributed by atoms with E-state index in [0.29, 0.717) is 17.7 Å². The molecule has 64 valence electrons. The Morgan fingerprint density at radius 3 is 2.67 bits per heavy atom. The molecule has 1 aliphatic rings. The van der Waals surface area contributed by atoms with Crippen LogP contribution >= 0.6 is 15.9 Å². The third-order valence-corrected chi connectivity index (χ3v) is 2.91. The first-order valence-electron chi connectivity index (χ1n) is 3.92. The van der Waals surface area contributed by atoms with Crippen LogP contribution in [0.4, 0.5) is 0 Å². The van der Waals surface area contributed by atoms with Gasteiger partial charge >= 0.3 is 0 Å². The van der Waals surface area contributed by atoms with E-state index in [1.54, 1.807) is 6.07 Å². The van der Waals surface area contributed by atoms with Gasteiger partial charge in [0.15, 0.2) is 0 Å². The predicted octanol–water partition coefficient (Wildman–Crippen LogP) is 1.97. The highest BCUT2D eigenvalue weighted by molar-refractivity contribution is 9.10. The Balaban J connectivity index is 2.29. The van der Waals surface area contributed by atoms with Crippen LogP contribution in [0.5, 0.6) is 5.75 Å². The van der Waals surface area contributed by atoms with Gasteiger partial charge in [0.05, 0.1) is 4.47 Å². The molecule has 1 aromatic rings. The minimum absolute atomic E-state index is 0.297. The number of halogens is 1. The Bertz CT molecular complexity index is 313. The summed E-state index contributed by atoms with van der Waals surface area (Å²) in [6.07, 6.45) is 1.04. The monoisotopic (exact) mass is 227 g/mol. The molecule has 12 heavy (non-hydrogen) atoms. The molecule has 0 aliphatic heterocycles. The molecule has 0 amide bonds. The van der Waals surface area contributed by atoms with Crippen molar-refractivity contribution >= 4 is 15.9 Å². The largest absolute Gasteiger partial charge is 0.507 e. The smallest absolute Gasteiger partial charge is 0.130 e. The van der Waals surface area contributed by atoms with Crippen LogP contribution in [0.15, 0.2) is 22.7 Å². The molecule has 1 fully saturated rings. The van der Waals surface area contributed by atoms with E-state index >= 15 is 0 Å². The lowest BCUT2D eigenvalue weighted by Crippen LogP contribution is -2.00. The Hall–Kier alpha value is -0.540. The maximum atomic E-state index is 9.38. The predicted molar refractivity (Wildman–Crippen MR) is 51.1 cm³/mol. The van der Waals surface area contributed by atoms with Crippen LogP contribution in [-0.4, -0.2) is 11.1 Å². The van der Waals surface area contributed by atoms with Gasteiger partial charge in [0.25, 0.3) is 0 Å². The van der Waals surface area contributed by atoms with Crippen molar-refractivity contribution in [2.75, 3.05) is 0 Å². The minimum Gasteiger partial charge on any atom is -0.507 e. The van der Waals surface area contributed by atoms with Crippen molar-refractivity contribution in [2.45, 2.75) is 18.4 Å². The van der Waals surface area contributed by atoms with E-state index in [1.807, 2.05) is 12.1 Å². The molecule has 0 heterocycles. The van der Waals surface area contributed by atoms with E-state index in [4.69, 9.17) is 5.73 Å². The summed E-state index contributed by atoms with van der Waals surface area (Å²) in [5.41, 5.74) is 6.84. The molecule has 2 nitrogen and oxygen atoms in total. The summed E-state index contributed by atoms with van der Waals surface area (Å²) in [6, 6.07) is 5.93. The van der Waals surface area contributed by atoms with Crippen molar-refractivity contribution in [2.24, 2.45) is 5.73 Å². The van der Waals surface area contributed by atoms with Crippen molar-refractivity contribution in [3.63, 3.8) is 0 Å². The molecule has 3 N–H and O–H groups in total. The quantitative estimate of drug-likeness (QED) is 0.771. The SMILES string of the molecule is N[C@H]1C[C@@H]1c1ccc(Br)c(O)c1. The number of nitrogens with two attached hydrogens (primary N) is 1. The third kappa shape index (κ3) is 1.34. The van der Waals surface area contributed by atoms with Gasteiger partial charge in [-0.1, -0.05) is 6.07 Å². The van der Waals surface area contributed by atoms with Crippen LogP contribution in [0, 0.1) is 0 Å².